The van der Waals surface area contributed by atoms with Gasteiger partial charge in [0.1, 0.15) is 12.0 Å². The molecule has 7 nitrogen and oxygen atoms in total. The molecular formula is C13H18ClN3O4. The van der Waals surface area contributed by atoms with Crippen molar-refractivity contribution in [3.63, 3.8) is 0 Å². The summed E-state index contributed by atoms with van der Waals surface area (Å²) in [5.74, 6) is -0.768. The zero-order valence-electron chi connectivity index (χ0n) is 11.9. The molecule has 0 aliphatic rings. The van der Waals surface area contributed by atoms with E-state index >= 15 is 0 Å². The molecule has 0 saturated heterocycles. The van der Waals surface area contributed by atoms with Crippen molar-refractivity contribution < 1.29 is 14.8 Å². The third-order valence-corrected chi connectivity index (χ3v) is 3.40. The number of carboxylic acids is 1. The topological polar surface area (TPSA) is 105 Å². The molecule has 2 unspecified atom stereocenters. The molecule has 116 valence electrons. The Morgan fingerprint density at radius 2 is 2.19 bits per heavy atom. The summed E-state index contributed by atoms with van der Waals surface area (Å²) in [6.07, 6.45) is 3.26. The molecule has 0 aliphatic heterocycles. The van der Waals surface area contributed by atoms with Crippen LogP contribution in [0.25, 0.3) is 0 Å². The number of hydrogen-bond acceptors (Lipinski definition) is 5. The lowest BCUT2D eigenvalue weighted by Crippen LogP contribution is -2.17. The third kappa shape index (κ3) is 5.55. The van der Waals surface area contributed by atoms with Gasteiger partial charge in [0.15, 0.2) is 0 Å². The van der Waals surface area contributed by atoms with E-state index in [-0.39, 0.29) is 22.7 Å². The van der Waals surface area contributed by atoms with Gasteiger partial charge in [-0.15, -0.1) is 0 Å². The Bertz CT molecular complexity index is 524. The average molecular weight is 316 g/mol. The van der Waals surface area contributed by atoms with Gasteiger partial charge in [-0.05, 0) is 19.8 Å². The first-order chi connectivity index (χ1) is 9.81. The van der Waals surface area contributed by atoms with Crippen molar-refractivity contribution in [1.82, 2.24) is 4.98 Å². The van der Waals surface area contributed by atoms with E-state index in [1.54, 1.807) is 6.92 Å². The SMILES string of the molecule is CC(CCCC(C)C(=O)O)Nc1ncc([N+](=O)[O-])cc1Cl. The molecule has 0 bridgehead atoms. The predicted molar refractivity (Wildman–Crippen MR) is 79.6 cm³/mol. The highest BCUT2D eigenvalue weighted by Crippen LogP contribution is 2.25. The van der Waals surface area contributed by atoms with E-state index in [1.807, 2.05) is 6.92 Å². The highest BCUT2D eigenvalue weighted by molar-refractivity contribution is 6.33. The molecule has 2 N–H and O–H groups in total. The molecule has 0 spiro atoms. The van der Waals surface area contributed by atoms with E-state index in [4.69, 9.17) is 16.7 Å². The fourth-order valence-corrected chi connectivity index (χ4v) is 2.01. The maximum Gasteiger partial charge on any atom is 0.306 e. The summed E-state index contributed by atoms with van der Waals surface area (Å²) in [6, 6.07) is 1.29. The fourth-order valence-electron chi connectivity index (χ4n) is 1.79. The van der Waals surface area contributed by atoms with Crippen LogP contribution < -0.4 is 5.32 Å². The number of nitrogens with one attached hydrogen (secondary N) is 1. The van der Waals surface area contributed by atoms with Crippen LogP contribution in [0.15, 0.2) is 12.3 Å². The Morgan fingerprint density at radius 1 is 1.52 bits per heavy atom. The summed E-state index contributed by atoms with van der Waals surface area (Å²) >= 11 is 5.94. The van der Waals surface area contributed by atoms with E-state index in [1.165, 1.54) is 6.07 Å². The Balaban J connectivity index is 2.49. The molecule has 0 aromatic carbocycles. The highest BCUT2D eigenvalue weighted by atomic mass is 35.5. The van der Waals surface area contributed by atoms with Gasteiger partial charge in [-0.3, -0.25) is 14.9 Å². The second-order valence-electron chi connectivity index (χ2n) is 5.00. The van der Waals surface area contributed by atoms with Crippen molar-refractivity contribution in [2.75, 3.05) is 5.32 Å². The van der Waals surface area contributed by atoms with Gasteiger partial charge in [0, 0.05) is 12.1 Å². The van der Waals surface area contributed by atoms with Crippen molar-refractivity contribution in [1.29, 1.82) is 0 Å². The van der Waals surface area contributed by atoms with Crippen LogP contribution in [0.4, 0.5) is 11.5 Å². The summed E-state index contributed by atoms with van der Waals surface area (Å²) in [6.45, 7) is 3.60. The zero-order valence-corrected chi connectivity index (χ0v) is 12.6. The van der Waals surface area contributed by atoms with Gasteiger partial charge in [-0.1, -0.05) is 24.9 Å². The summed E-state index contributed by atoms with van der Waals surface area (Å²) in [5.41, 5.74) is -0.159. The molecule has 2 atom stereocenters. The van der Waals surface area contributed by atoms with Crippen LogP contribution in [0.1, 0.15) is 33.1 Å². The maximum atomic E-state index is 10.7. The number of carboxylic acid groups (broad SMARTS) is 1. The normalized spacial score (nSPS) is 13.5. The number of nitro groups is 1. The fraction of sp³-hybridized carbons (Fsp3) is 0.538. The van der Waals surface area contributed by atoms with Crippen molar-refractivity contribution >= 4 is 29.1 Å². The third-order valence-electron chi connectivity index (χ3n) is 3.12. The molecule has 0 saturated carbocycles. The average Bonchev–Trinajstić information content (AvgIpc) is 2.40. The van der Waals surface area contributed by atoms with Crippen molar-refractivity contribution in [2.24, 2.45) is 5.92 Å². The molecular weight excluding hydrogens is 298 g/mol. The predicted octanol–water partition coefficient (Wildman–Crippen LogP) is 3.33. The molecule has 8 heteroatoms. The molecule has 1 rings (SSSR count). The van der Waals surface area contributed by atoms with Crippen molar-refractivity contribution in [2.45, 2.75) is 39.2 Å². The number of carbonyl (C=O) groups is 1. The Kier molecular flexibility index (Phi) is 6.36. The standard InChI is InChI=1S/C13H18ClN3O4/c1-8(13(18)19)4-3-5-9(2)16-12-11(14)6-10(7-15-12)17(20)21/h6-9H,3-5H2,1-2H3,(H,15,16)(H,18,19). The molecule has 0 aliphatic carbocycles. The summed E-state index contributed by atoms with van der Waals surface area (Å²) < 4.78 is 0. The number of anilines is 1. The molecule has 0 fully saturated rings. The summed E-state index contributed by atoms with van der Waals surface area (Å²) in [5, 5.41) is 22.6. The number of aliphatic carboxylic acids is 1. The minimum absolute atomic E-state index is 0.0393. The second-order valence-corrected chi connectivity index (χ2v) is 5.40. The minimum atomic E-state index is -0.796. The molecule has 1 heterocycles. The lowest BCUT2D eigenvalue weighted by molar-refractivity contribution is -0.385. The van der Waals surface area contributed by atoms with Gasteiger partial charge in [0.25, 0.3) is 5.69 Å². The van der Waals surface area contributed by atoms with Crippen molar-refractivity contribution in [3.8, 4) is 0 Å². The molecule has 21 heavy (non-hydrogen) atoms. The number of rotatable bonds is 8. The van der Waals surface area contributed by atoms with Crippen LogP contribution >= 0.6 is 11.6 Å². The summed E-state index contributed by atoms with van der Waals surface area (Å²) in [4.78, 5) is 24.7. The van der Waals surface area contributed by atoms with Crippen LogP contribution in [0.3, 0.4) is 0 Å². The smallest absolute Gasteiger partial charge is 0.306 e. The lowest BCUT2D eigenvalue weighted by Gasteiger charge is -2.15. The van der Waals surface area contributed by atoms with Crippen molar-refractivity contribution in [3.05, 3.63) is 27.4 Å². The van der Waals surface area contributed by atoms with Gasteiger partial charge in [0.2, 0.25) is 0 Å². The first-order valence-corrected chi connectivity index (χ1v) is 6.98. The van der Waals surface area contributed by atoms with E-state index in [2.05, 4.69) is 10.3 Å². The van der Waals surface area contributed by atoms with Crippen LogP contribution in [0.5, 0.6) is 0 Å². The first-order valence-electron chi connectivity index (χ1n) is 6.60. The largest absolute Gasteiger partial charge is 0.481 e. The van der Waals surface area contributed by atoms with E-state index in [0.29, 0.717) is 12.2 Å². The van der Waals surface area contributed by atoms with E-state index < -0.39 is 10.9 Å². The number of pyridine rings is 1. The minimum Gasteiger partial charge on any atom is -0.481 e. The number of aromatic nitrogens is 1. The quantitative estimate of drug-likeness (QED) is 0.563. The Hall–Kier alpha value is -1.89. The van der Waals surface area contributed by atoms with Gasteiger partial charge in [-0.25, -0.2) is 4.98 Å². The molecule has 1 aromatic rings. The molecule has 1 aromatic heterocycles. The summed E-state index contributed by atoms with van der Waals surface area (Å²) in [7, 11) is 0. The molecule has 0 radical (unpaired) electrons. The Labute approximate surface area is 127 Å². The monoisotopic (exact) mass is 315 g/mol. The highest BCUT2D eigenvalue weighted by Gasteiger charge is 2.14. The van der Waals surface area contributed by atoms with Crippen LogP contribution in [0, 0.1) is 16.0 Å². The van der Waals surface area contributed by atoms with Crippen LogP contribution in [-0.4, -0.2) is 27.0 Å². The van der Waals surface area contributed by atoms with Gasteiger partial charge in [-0.2, -0.15) is 0 Å². The lowest BCUT2D eigenvalue weighted by atomic mass is 10.0. The van der Waals surface area contributed by atoms with Gasteiger partial charge in [0.05, 0.1) is 15.9 Å². The number of hydrogen-bond donors (Lipinski definition) is 2. The Morgan fingerprint density at radius 3 is 2.71 bits per heavy atom. The molecule has 0 amide bonds. The van der Waals surface area contributed by atoms with Gasteiger partial charge >= 0.3 is 5.97 Å². The number of nitrogens with zero attached hydrogens (tertiary/aromatic N) is 2. The van der Waals surface area contributed by atoms with Crippen LogP contribution in [-0.2, 0) is 4.79 Å². The maximum absolute atomic E-state index is 10.7. The van der Waals surface area contributed by atoms with E-state index in [9.17, 15) is 14.9 Å². The van der Waals surface area contributed by atoms with E-state index in [0.717, 1.165) is 19.0 Å². The second kappa shape index (κ2) is 7.78. The van der Waals surface area contributed by atoms with Gasteiger partial charge < -0.3 is 10.4 Å². The first kappa shape index (κ1) is 17.2. The van der Waals surface area contributed by atoms with Crippen LogP contribution in [0.2, 0.25) is 5.02 Å². The zero-order chi connectivity index (χ0) is 16.0. The number of halogens is 1.